The number of hydrogen-bond acceptors (Lipinski definition) is 4. The SMILES string of the molecule is N#Cc1cccc(-c2cnn3c(-c4cccc(NC(=O)c5cccc(C(F)(F)F)c5)c4)ccnc23)c1. The van der Waals surface area contributed by atoms with Crippen molar-refractivity contribution in [3.8, 4) is 28.5 Å². The first-order chi connectivity index (χ1) is 17.3. The fourth-order valence-electron chi connectivity index (χ4n) is 3.87. The fraction of sp³-hybridized carbons (Fsp3) is 0.0370. The lowest BCUT2D eigenvalue weighted by Crippen LogP contribution is -2.14. The second-order valence-corrected chi connectivity index (χ2v) is 7.93. The van der Waals surface area contributed by atoms with Crippen LogP contribution >= 0.6 is 0 Å². The van der Waals surface area contributed by atoms with E-state index in [-0.39, 0.29) is 5.56 Å². The van der Waals surface area contributed by atoms with Gasteiger partial charge in [0.1, 0.15) is 0 Å². The molecule has 0 spiro atoms. The first kappa shape index (κ1) is 22.8. The number of carbonyl (C=O) groups excluding carboxylic acids is 1. The number of hydrogen-bond donors (Lipinski definition) is 1. The summed E-state index contributed by atoms with van der Waals surface area (Å²) < 4.78 is 40.7. The lowest BCUT2D eigenvalue weighted by atomic mass is 10.1. The van der Waals surface area contributed by atoms with E-state index >= 15 is 0 Å². The van der Waals surface area contributed by atoms with E-state index in [2.05, 4.69) is 21.5 Å². The Kier molecular flexibility index (Phi) is 5.70. The fourth-order valence-corrected chi connectivity index (χ4v) is 3.87. The summed E-state index contributed by atoms with van der Waals surface area (Å²) in [5.74, 6) is -0.656. The largest absolute Gasteiger partial charge is 0.416 e. The molecule has 1 N–H and O–H groups in total. The van der Waals surface area contributed by atoms with E-state index in [0.29, 0.717) is 28.2 Å². The number of benzene rings is 3. The van der Waals surface area contributed by atoms with Crippen LogP contribution in [-0.2, 0) is 6.18 Å². The Bertz CT molecular complexity index is 1650. The molecule has 0 aliphatic carbocycles. The number of fused-ring (bicyclic) bond motifs is 1. The molecule has 0 bridgehead atoms. The van der Waals surface area contributed by atoms with Crippen LogP contribution in [0.1, 0.15) is 21.5 Å². The van der Waals surface area contributed by atoms with Gasteiger partial charge in [-0.05, 0) is 54.1 Å². The van der Waals surface area contributed by atoms with Gasteiger partial charge in [0, 0.05) is 28.6 Å². The molecule has 6 nitrogen and oxygen atoms in total. The zero-order valence-corrected chi connectivity index (χ0v) is 18.5. The van der Waals surface area contributed by atoms with E-state index in [9.17, 15) is 23.2 Å². The average molecular weight is 483 g/mol. The maximum Gasteiger partial charge on any atom is 0.416 e. The molecular formula is C27H16F3N5O. The second-order valence-electron chi connectivity index (χ2n) is 7.93. The highest BCUT2D eigenvalue weighted by molar-refractivity contribution is 6.04. The minimum Gasteiger partial charge on any atom is -0.322 e. The normalized spacial score (nSPS) is 11.3. The van der Waals surface area contributed by atoms with E-state index < -0.39 is 17.6 Å². The summed E-state index contributed by atoms with van der Waals surface area (Å²) in [7, 11) is 0. The zero-order chi connectivity index (χ0) is 25.3. The molecule has 0 saturated carbocycles. The van der Waals surface area contributed by atoms with Gasteiger partial charge < -0.3 is 5.32 Å². The number of amides is 1. The van der Waals surface area contributed by atoms with E-state index in [1.807, 2.05) is 12.1 Å². The lowest BCUT2D eigenvalue weighted by Gasteiger charge is -2.11. The van der Waals surface area contributed by atoms with Crippen molar-refractivity contribution in [2.75, 3.05) is 5.32 Å². The molecule has 2 aromatic heterocycles. The third-order valence-electron chi connectivity index (χ3n) is 5.57. The number of anilines is 1. The van der Waals surface area contributed by atoms with Crippen LogP contribution in [0, 0.1) is 11.3 Å². The van der Waals surface area contributed by atoms with E-state index in [1.165, 1.54) is 12.1 Å². The number of halogens is 3. The Hall–Kier alpha value is -4.97. The van der Waals surface area contributed by atoms with Gasteiger partial charge in [0.15, 0.2) is 5.65 Å². The van der Waals surface area contributed by atoms with Crippen molar-refractivity contribution < 1.29 is 18.0 Å². The van der Waals surface area contributed by atoms with Gasteiger partial charge in [-0.2, -0.15) is 23.5 Å². The van der Waals surface area contributed by atoms with Crippen molar-refractivity contribution in [1.82, 2.24) is 14.6 Å². The molecule has 0 aliphatic rings. The Morgan fingerprint density at radius 3 is 2.53 bits per heavy atom. The molecule has 0 saturated heterocycles. The monoisotopic (exact) mass is 483 g/mol. The summed E-state index contributed by atoms with van der Waals surface area (Å²) in [5, 5.41) is 16.3. The van der Waals surface area contributed by atoms with Crippen molar-refractivity contribution >= 4 is 17.2 Å². The highest BCUT2D eigenvalue weighted by Crippen LogP contribution is 2.31. The van der Waals surface area contributed by atoms with Gasteiger partial charge in [-0.25, -0.2) is 9.50 Å². The summed E-state index contributed by atoms with van der Waals surface area (Å²) in [4.78, 5) is 17.1. The van der Waals surface area contributed by atoms with Crippen molar-refractivity contribution in [3.63, 3.8) is 0 Å². The molecule has 0 atom stereocenters. The molecule has 5 rings (SSSR count). The van der Waals surface area contributed by atoms with Crippen molar-refractivity contribution in [3.05, 3.63) is 108 Å². The number of rotatable bonds is 4. The summed E-state index contributed by atoms with van der Waals surface area (Å²) in [6, 6.07) is 22.2. The predicted octanol–water partition coefficient (Wildman–Crippen LogP) is 6.21. The number of alkyl halides is 3. The maximum absolute atomic E-state index is 13.0. The summed E-state index contributed by atoms with van der Waals surface area (Å²) >= 11 is 0. The van der Waals surface area contributed by atoms with Crippen LogP contribution in [0.2, 0.25) is 0 Å². The molecule has 36 heavy (non-hydrogen) atoms. The van der Waals surface area contributed by atoms with Gasteiger partial charge in [-0.3, -0.25) is 4.79 Å². The molecule has 0 radical (unpaired) electrons. The number of aromatic nitrogens is 3. The van der Waals surface area contributed by atoms with Crippen molar-refractivity contribution in [1.29, 1.82) is 5.26 Å². The second kappa shape index (κ2) is 9.00. The van der Waals surface area contributed by atoms with Crippen LogP contribution in [0.25, 0.3) is 28.0 Å². The smallest absolute Gasteiger partial charge is 0.322 e. The quantitative estimate of drug-likeness (QED) is 0.330. The molecule has 176 valence electrons. The molecule has 2 heterocycles. The van der Waals surface area contributed by atoms with E-state index in [0.717, 1.165) is 23.3 Å². The molecule has 0 fully saturated rings. The Labute approximate surface area is 203 Å². The predicted molar refractivity (Wildman–Crippen MR) is 128 cm³/mol. The molecule has 1 amide bonds. The zero-order valence-electron chi connectivity index (χ0n) is 18.5. The van der Waals surface area contributed by atoms with Gasteiger partial charge in [-0.15, -0.1) is 0 Å². The first-order valence-corrected chi connectivity index (χ1v) is 10.8. The molecule has 9 heteroatoms. The van der Waals surface area contributed by atoms with Crippen LogP contribution in [-0.4, -0.2) is 20.5 Å². The van der Waals surface area contributed by atoms with Gasteiger partial charge in [0.2, 0.25) is 0 Å². The molecule has 0 unspecified atom stereocenters. The third-order valence-corrected chi connectivity index (χ3v) is 5.57. The van der Waals surface area contributed by atoms with Gasteiger partial charge in [-0.1, -0.05) is 30.3 Å². The summed E-state index contributed by atoms with van der Waals surface area (Å²) in [5.41, 5.74) is 3.49. The Morgan fingerprint density at radius 1 is 0.944 bits per heavy atom. The molecule has 5 aromatic rings. The molecule has 0 aliphatic heterocycles. The number of nitrogens with one attached hydrogen (secondary N) is 1. The number of nitrogens with zero attached hydrogens (tertiary/aromatic N) is 4. The minimum absolute atomic E-state index is 0.0992. The average Bonchev–Trinajstić information content (AvgIpc) is 3.33. The molecule has 3 aromatic carbocycles. The lowest BCUT2D eigenvalue weighted by molar-refractivity contribution is -0.137. The highest BCUT2D eigenvalue weighted by atomic mass is 19.4. The van der Waals surface area contributed by atoms with Crippen LogP contribution < -0.4 is 5.32 Å². The topological polar surface area (TPSA) is 83.1 Å². The van der Waals surface area contributed by atoms with E-state index in [4.69, 9.17) is 0 Å². The van der Waals surface area contributed by atoms with Crippen LogP contribution in [0.5, 0.6) is 0 Å². The van der Waals surface area contributed by atoms with Gasteiger partial charge in [0.25, 0.3) is 5.91 Å². The molecular weight excluding hydrogens is 467 g/mol. The van der Waals surface area contributed by atoms with Crippen LogP contribution in [0.15, 0.2) is 91.3 Å². The Morgan fingerprint density at radius 2 is 1.72 bits per heavy atom. The number of nitriles is 1. The summed E-state index contributed by atoms with van der Waals surface area (Å²) in [6.07, 6.45) is -1.24. The standard InChI is InChI=1S/C27H16F3N5O/c28-27(29,30)21-8-2-7-20(13-21)26(36)34-22-9-3-6-19(14-22)24-10-11-32-25-23(16-33-35(24)25)18-5-1-4-17(12-18)15-31/h1-14,16H,(H,34,36). The van der Waals surface area contributed by atoms with Crippen LogP contribution in [0.4, 0.5) is 18.9 Å². The number of carbonyl (C=O) groups is 1. The van der Waals surface area contributed by atoms with E-state index in [1.54, 1.807) is 59.4 Å². The van der Waals surface area contributed by atoms with Crippen LogP contribution in [0.3, 0.4) is 0 Å². The van der Waals surface area contributed by atoms with Gasteiger partial charge in [0.05, 0.1) is 29.1 Å². The minimum atomic E-state index is -4.54. The van der Waals surface area contributed by atoms with Gasteiger partial charge >= 0.3 is 6.18 Å². The highest BCUT2D eigenvalue weighted by Gasteiger charge is 2.30. The summed E-state index contributed by atoms with van der Waals surface area (Å²) in [6.45, 7) is 0. The first-order valence-electron chi connectivity index (χ1n) is 10.8. The van der Waals surface area contributed by atoms with Crippen molar-refractivity contribution in [2.45, 2.75) is 6.18 Å². The Balaban J connectivity index is 1.47. The maximum atomic E-state index is 13.0. The van der Waals surface area contributed by atoms with Crippen molar-refractivity contribution in [2.24, 2.45) is 0 Å². The third kappa shape index (κ3) is 4.40.